The van der Waals surface area contributed by atoms with Crippen LogP contribution in [0.4, 0.5) is 11.4 Å². The fourth-order valence-electron chi connectivity index (χ4n) is 1.88. The normalized spacial score (nSPS) is 9.92. The van der Waals surface area contributed by atoms with Gasteiger partial charge < -0.3 is 0 Å². The Morgan fingerprint density at radius 2 is 1.75 bits per heavy atom. The van der Waals surface area contributed by atoms with Crippen molar-refractivity contribution >= 4 is 34.6 Å². The highest BCUT2D eigenvalue weighted by Crippen LogP contribution is 2.14. The van der Waals surface area contributed by atoms with Crippen LogP contribution in [-0.2, 0) is 0 Å². The smallest absolute Gasteiger partial charge is 0.269 e. The van der Waals surface area contributed by atoms with Crippen molar-refractivity contribution in [1.82, 2.24) is 10.7 Å². The van der Waals surface area contributed by atoms with E-state index in [1.807, 2.05) is 19.9 Å². The summed E-state index contributed by atoms with van der Waals surface area (Å²) in [5.74, 6) is -0.318. The summed E-state index contributed by atoms with van der Waals surface area (Å²) in [4.78, 5) is 22.2. The predicted molar refractivity (Wildman–Crippen MR) is 95.8 cm³/mol. The van der Waals surface area contributed by atoms with Crippen LogP contribution in [0.1, 0.15) is 21.5 Å². The average molecular weight is 344 g/mol. The van der Waals surface area contributed by atoms with Crippen molar-refractivity contribution in [3.05, 3.63) is 69.3 Å². The lowest BCUT2D eigenvalue weighted by Crippen LogP contribution is -2.42. The number of carbonyl (C=O) groups is 1. The lowest BCUT2D eigenvalue weighted by molar-refractivity contribution is -0.384. The van der Waals surface area contributed by atoms with Crippen LogP contribution < -0.4 is 16.2 Å². The molecule has 7 nitrogen and oxygen atoms in total. The number of hydrogen-bond acceptors (Lipinski definition) is 5. The van der Waals surface area contributed by atoms with Crippen molar-refractivity contribution < 1.29 is 9.72 Å². The van der Waals surface area contributed by atoms with E-state index in [9.17, 15) is 14.9 Å². The third kappa shape index (κ3) is 4.50. The lowest BCUT2D eigenvalue weighted by atomic mass is 10.1. The highest BCUT2D eigenvalue weighted by Gasteiger charge is 2.09. The number of thiocarbonyl (C=S) groups is 1. The van der Waals surface area contributed by atoms with Gasteiger partial charge in [-0.15, -0.1) is 0 Å². The van der Waals surface area contributed by atoms with E-state index in [-0.39, 0.29) is 16.7 Å². The predicted octanol–water partition coefficient (Wildman–Crippen LogP) is 2.84. The van der Waals surface area contributed by atoms with Crippen molar-refractivity contribution in [1.29, 1.82) is 0 Å². The molecule has 8 heteroatoms. The minimum absolute atomic E-state index is 0.00818. The van der Waals surface area contributed by atoms with E-state index in [2.05, 4.69) is 16.2 Å². The molecule has 124 valence electrons. The van der Waals surface area contributed by atoms with Crippen molar-refractivity contribution in [2.75, 3.05) is 5.43 Å². The second-order valence-electron chi connectivity index (χ2n) is 5.14. The molecule has 0 saturated heterocycles. The van der Waals surface area contributed by atoms with Crippen LogP contribution in [0.15, 0.2) is 42.5 Å². The maximum absolute atomic E-state index is 12.1. The van der Waals surface area contributed by atoms with E-state index in [0.29, 0.717) is 11.3 Å². The summed E-state index contributed by atoms with van der Waals surface area (Å²) < 4.78 is 0. The van der Waals surface area contributed by atoms with Crippen molar-refractivity contribution in [3.63, 3.8) is 0 Å². The summed E-state index contributed by atoms with van der Waals surface area (Å²) in [5.41, 5.74) is 8.61. The molecule has 0 aliphatic rings. The SMILES string of the molecule is Cc1ccc(C(=O)NC(=S)NNc2ccc([N+](=O)[O-])cc2)cc1C. The molecule has 3 N–H and O–H groups in total. The number of aryl methyl sites for hydroxylation is 2. The quantitative estimate of drug-likeness (QED) is 0.448. The number of benzene rings is 2. The Kier molecular flexibility index (Phi) is 5.43. The summed E-state index contributed by atoms with van der Waals surface area (Å²) in [7, 11) is 0. The Bertz CT molecular complexity index is 790. The molecule has 0 radical (unpaired) electrons. The number of amides is 1. The van der Waals surface area contributed by atoms with Gasteiger partial charge in [0.2, 0.25) is 0 Å². The zero-order chi connectivity index (χ0) is 17.7. The number of non-ortho nitro benzene ring substituents is 1. The molecule has 0 unspecified atom stereocenters. The number of nitrogens with zero attached hydrogens (tertiary/aromatic N) is 1. The molecule has 0 aliphatic carbocycles. The maximum atomic E-state index is 12.1. The van der Waals surface area contributed by atoms with Gasteiger partial charge in [-0.3, -0.25) is 31.1 Å². The van der Waals surface area contributed by atoms with Crippen LogP contribution in [-0.4, -0.2) is 15.9 Å². The van der Waals surface area contributed by atoms with Crippen LogP contribution in [0.3, 0.4) is 0 Å². The first kappa shape index (κ1) is 17.4. The van der Waals surface area contributed by atoms with Gasteiger partial charge in [0.05, 0.1) is 10.6 Å². The molecule has 2 aromatic carbocycles. The van der Waals surface area contributed by atoms with Gasteiger partial charge in [0.1, 0.15) is 0 Å². The molecule has 0 heterocycles. The molecule has 0 atom stereocenters. The molecule has 0 bridgehead atoms. The molecule has 0 aromatic heterocycles. The third-order valence-corrected chi connectivity index (χ3v) is 3.60. The van der Waals surface area contributed by atoms with Crippen LogP contribution >= 0.6 is 12.2 Å². The highest BCUT2D eigenvalue weighted by atomic mass is 32.1. The van der Waals surface area contributed by atoms with Crippen LogP contribution in [0, 0.1) is 24.0 Å². The molecule has 1 amide bonds. The first-order valence-corrected chi connectivity index (χ1v) is 7.46. The number of rotatable bonds is 4. The van der Waals surface area contributed by atoms with E-state index in [1.54, 1.807) is 12.1 Å². The number of hydrazine groups is 1. The monoisotopic (exact) mass is 344 g/mol. The first-order chi connectivity index (χ1) is 11.4. The standard InChI is InChI=1S/C16H16N4O3S/c1-10-3-4-12(9-11(10)2)15(21)17-16(24)19-18-13-5-7-14(8-6-13)20(22)23/h3-9,18H,1-2H3,(H2,17,19,21,24). The van der Waals surface area contributed by atoms with Crippen LogP contribution in [0.25, 0.3) is 0 Å². The second kappa shape index (κ2) is 7.51. The first-order valence-electron chi connectivity index (χ1n) is 7.06. The molecular formula is C16H16N4O3S. The molecule has 2 rings (SSSR count). The van der Waals surface area contributed by atoms with Gasteiger partial charge in [-0.1, -0.05) is 6.07 Å². The number of carbonyl (C=O) groups excluding carboxylic acids is 1. The Hall–Kier alpha value is -3.00. The van der Waals surface area contributed by atoms with Crippen molar-refractivity contribution in [2.24, 2.45) is 0 Å². The summed E-state index contributed by atoms with van der Waals surface area (Å²) in [5, 5.41) is 13.2. The minimum Gasteiger partial charge on any atom is -0.299 e. The van der Waals surface area contributed by atoms with Crippen molar-refractivity contribution in [2.45, 2.75) is 13.8 Å². The maximum Gasteiger partial charge on any atom is 0.269 e. The van der Waals surface area contributed by atoms with Crippen LogP contribution in [0.2, 0.25) is 0 Å². The highest BCUT2D eigenvalue weighted by molar-refractivity contribution is 7.80. The van der Waals surface area contributed by atoms with Gasteiger partial charge in [0, 0.05) is 17.7 Å². The molecule has 24 heavy (non-hydrogen) atoms. The fraction of sp³-hybridized carbons (Fsp3) is 0.125. The van der Waals surface area contributed by atoms with Gasteiger partial charge in [0.15, 0.2) is 5.11 Å². The van der Waals surface area contributed by atoms with Crippen molar-refractivity contribution in [3.8, 4) is 0 Å². The lowest BCUT2D eigenvalue weighted by Gasteiger charge is -2.12. The summed E-state index contributed by atoms with van der Waals surface area (Å²) in [6.07, 6.45) is 0. The number of nitro benzene ring substituents is 1. The summed E-state index contributed by atoms with van der Waals surface area (Å²) >= 11 is 5.04. The number of hydrogen-bond donors (Lipinski definition) is 3. The van der Waals surface area contributed by atoms with Crippen LogP contribution in [0.5, 0.6) is 0 Å². The molecule has 0 saturated carbocycles. The third-order valence-electron chi connectivity index (χ3n) is 3.39. The largest absolute Gasteiger partial charge is 0.299 e. The molecule has 2 aromatic rings. The number of nitrogens with one attached hydrogen (secondary N) is 3. The Morgan fingerprint density at radius 1 is 1.08 bits per heavy atom. The summed E-state index contributed by atoms with van der Waals surface area (Å²) in [6, 6.07) is 11.2. The van der Waals surface area contributed by atoms with Gasteiger partial charge in [-0.2, -0.15) is 0 Å². The number of nitro groups is 1. The fourth-order valence-corrected chi connectivity index (χ4v) is 2.03. The van der Waals surface area contributed by atoms with Gasteiger partial charge in [-0.25, -0.2) is 0 Å². The van der Waals surface area contributed by atoms with E-state index in [1.165, 1.54) is 24.3 Å². The van der Waals surface area contributed by atoms with Gasteiger partial charge in [0.25, 0.3) is 11.6 Å². The van der Waals surface area contributed by atoms with E-state index in [4.69, 9.17) is 12.2 Å². The zero-order valence-electron chi connectivity index (χ0n) is 13.1. The summed E-state index contributed by atoms with van der Waals surface area (Å²) in [6.45, 7) is 3.90. The molecule has 0 aliphatic heterocycles. The molecular weight excluding hydrogens is 328 g/mol. The topological polar surface area (TPSA) is 96.3 Å². The van der Waals surface area contributed by atoms with Gasteiger partial charge in [-0.05, 0) is 61.5 Å². The second-order valence-corrected chi connectivity index (χ2v) is 5.54. The minimum atomic E-state index is -0.481. The molecule has 0 spiro atoms. The zero-order valence-corrected chi connectivity index (χ0v) is 13.9. The Balaban J connectivity index is 1.89. The van der Waals surface area contributed by atoms with Gasteiger partial charge >= 0.3 is 0 Å². The average Bonchev–Trinajstić information content (AvgIpc) is 2.55. The molecule has 0 fully saturated rings. The van der Waals surface area contributed by atoms with E-state index < -0.39 is 4.92 Å². The van der Waals surface area contributed by atoms with E-state index >= 15 is 0 Å². The Labute approximate surface area is 144 Å². The van der Waals surface area contributed by atoms with E-state index in [0.717, 1.165) is 11.1 Å². The Morgan fingerprint density at radius 3 is 2.33 bits per heavy atom. The number of anilines is 1.